The van der Waals surface area contributed by atoms with Crippen molar-refractivity contribution in [3.63, 3.8) is 0 Å². The van der Waals surface area contributed by atoms with E-state index in [1.165, 1.54) is 11.8 Å². The molecule has 0 aliphatic carbocycles. The number of hydrogen-bond donors (Lipinski definition) is 1. The summed E-state index contributed by atoms with van der Waals surface area (Å²) in [5, 5.41) is 9.21. The van der Waals surface area contributed by atoms with Crippen molar-refractivity contribution < 1.29 is 4.79 Å². The van der Waals surface area contributed by atoms with Crippen molar-refractivity contribution in [2.45, 2.75) is 12.1 Å². The monoisotopic (exact) mass is 324 g/mol. The van der Waals surface area contributed by atoms with Crippen molar-refractivity contribution in [1.82, 2.24) is 14.8 Å². The first-order chi connectivity index (χ1) is 11.1. The molecule has 3 aromatic rings. The van der Waals surface area contributed by atoms with Crippen LogP contribution < -0.4 is 5.73 Å². The lowest BCUT2D eigenvalue weighted by Gasteiger charge is -2.10. The molecule has 0 saturated heterocycles. The molecule has 1 heterocycles. The zero-order valence-corrected chi connectivity index (χ0v) is 13.5. The Morgan fingerprint density at radius 3 is 2.61 bits per heavy atom. The van der Waals surface area contributed by atoms with E-state index < -0.39 is 0 Å². The average molecular weight is 324 g/mol. The minimum Gasteiger partial charge on any atom is -0.369 e. The van der Waals surface area contributed by atoms with Crippen LogP contribution in [0.15, 0.2) is 59.8 Å². The van der Waals surface area contributed by atoms with Crippen LogP contribution in [0.3, 0.4) is 0 Å². The Bertz CT molecular complexity index is 830. The Morgan fingerprint density at radius 1 is 1.13 bits per heavy atom. The quantitative estimate of drug-likeness (QED) is 0.732. The molecule has 0 aliphatic rings. The highest BCUT2D eigenvalue weighted by molar-refractivity contribution is 7.99. The lowest BCUT2D eigenvalue weighted by atomic mass is 10.1. The van der Waals surface area contributed by atoms with Gasteiger partial charge in [0.05, 0.1) is 5.75 Å². The number of nitrogens with zero attached hydrogens (tertiary/aromatic N) is 3. The van der Waals surface area contributed by atoms with Gasteiger partial charge >= 0.3 is 0 Å². The molecular formula is C17H16N4OS. The van der Waals surface area contributed by atoms with Gasteiger partial charge in [-0.05, 0) is 25.1 Å². The third-order valence-corrected chi connectivity index (χ3v) is 4.22. The highest BCUT2D eigenvalue weighted by atomic mass is 32.2. The second-order valence-electron chi connectivity index (χ2n) is 5.10. The molecule has 0 unspecified atom stereocenters. The van der Waals surface area contributed by atoms with E-state index in [9.17, 15) is 4.79 Å². The first-order valence-corrected chi connectivity index (χ1v) is 8.12. The Hall–Kier alpha value is -2.60. The predicted octanol–water partition coefficient (Wildman–Crippen LogP) is 2.82. The number of amides is 1. The van der Waals surface area contributed by atoms with Crippen molar-refractivity contribution >= 4 is 17.7 Å². The summed E-state index contributed by atoms with van der Waals surface area (Å²) < 4.78 is 1.95. The van der Waals surface area contributed by atoms with Crippen molar-refractivity contribution in [3.05, 3.63) is 60.2 Å². The number of para-hydroxylation sites is 1. The number of carbonyl (C=O) groups is 1. The third kappa shape index (κ3) is 3.43. The molecule has 116 valence electrons. The largest absolute Gasteiger partial charge is 0.369 e. The zero-order valence-electron chi connectivity index (χ0n) is 12.6. The van der Waals surface area contributed by atoms with Crippen molar-refractivity contribution in [1.29, 1.82) is 0 Å². The summed E-state index contributed by atoms with van der Waals surface area (Å²) >= 11 is 1.28. The van der Waals surface area contributed by atoms with E-state index in [0.29, 0.717) is 5.16 Å². The zero-order chi connectivity index (χ0) is 16.2. The molecule has 1 aromatic heterocycles. The SMILES string of the molecule is Cc1cccc(-c2nnc(SCC(N)=O)n2-c2ccccc2)c1. The second kappa shape index (κ2) is 6.66. The first kappa shape index (κ1) is 15.3. The Balaban J connectivity index is 2.11. The Labute approximate surface area is 138 Å². The van der Waals surface area contributed by atoms with Gasteiger partial charge in [0.15, 0.2) is 11.0 Å². The summed E-state index contributed by atoms with van der Waals surface area (Å²) in [6, 6.07) is 17.9. The van der Waals surface area contributed by atoms with Crippen molar-refractivity contribution in [3.8, 4) is 17.1 Å². The standard InChI is InChI=1S/C17H16N4OS/c1-12-6-5-7-13(10-12)16-19-20-17(23-11-15(18)22)21(16)14-8-3-2-4-9-14/h2-10H,11H2,1H3,(H2,18,22). The van der Waals surface area contributed by atoms with Crippen molar-refractivity contribution in [2.75, 3.05) is 5.75 Å². The summed E-state index contributed by atoms with van der Waals surface area (Å²) in [7, 11) is 0. The number of carbonyl (C=O) groups excluding carboxylic acids is 1. The molecule has 0 aliphatic heterocycles. The molecule has 0 spiro atoms. The van der Waals surface area contributed by atoms with Crippen LogP contribution >= 0.6 is 11.8 Å². The molecule has 5 nitrogen and oxygen atoms in total. The minimum absolute atomic E-state index is 0.165. The van der Waals surface area contributed by atoms with Crippen LogP contribution in [0.1, 0.15) is 5.56 Å². The lowest BCUT2D eigenvalue weighted by Crippen LogP contribution is -2.13. The van der Waals surface area contributed by atoms with E-state index in [-0.39, 0.29) is 11.7 Å². The molecule has 23 heavy (non-hydrogen) atoms. The topological polar surface area (TPSA) is 73.8 Å². The lowest BCUT2D eigenvalue weighted by molar-refractivity contribution is -0.115. The van der Waals surface area contributed by atoms with Crippen LogP contribution in [0.4, 0.5) is 0 Å². The fourth-order valence-corrected chi connectivity index (χ4v) is 2.97. The van der Waals surface area contributed by atoms with Gasteiger partial charge < -0.3 is 5.73 Å². The molecule has 2 aromatic carbocycles. The van der Waals surface area contributed by atoms with Crippen LogP contribution in [0.2, 0.25) is 0 Å². The highest BCUT2D eigenvalue weighted by Crippen LogP contribution is 2.28. The first-order valence-electron chi connectivity index (χ1n) is 7.14. The van der Waals surface area contributed by atoms with Gasteiger partial charge in [-0.1, -0.05) is 53.7 Å². The summed E-state index contributed by atoms with van der Waals surface area (Å²) in [5.74, 6) is 0.528. The van der Waals surface area contributed by atoms with Crippen LogP contribution in [0.25, 0.3) is 17.1 Å². The van der Waals surface area contributed by atoms with Crippen LogP contribution in [0, 0.1) is 6.92 Å². The molecule has 0 fully saturated rings. The molecule has 0 atom stereocenters. The molecule has 3 rings (SSSR count). The Kier molecular flexibility index (Phi) is 4.43. The van der Waals surface area contributed by atoms with Gasteiger partial charge in [-0.2, -0.15) is 0 Å². The molecule has 0 bridgehead atoms. The summed E-state index contributed by atoms with van der Waals surface area (Å²) in [4.78, 5) is 11.1. The Morgan fingerprint density at radius 2 is 1.91 bits per heavy atom. The maximum absolute atomic E-state index is 11.1. The van der Waals surface area contributed by atoms with E-state index in [2.05, 4.69) is 16.3 Å². The van der Waals surface area contributed by atoms with Gasteiger partial charge in [-0.3, -0.25) is 9.36 Å². The number of benzene rings is 2. The van der Waals surface area contributed by atoms with Gasteiger partial charge in [0.2, 0.25) is 5.91 Å². The fourth-order valence-electron chi connectivity index (χ4n) is 2.28. The predicted molar refractivity (Wildman–Crippen MR) is 91.5 cm³/mol. The number of nitrogens with two attached hydrogens (primary N) is 1. The van der Waals surface area contributed by atoms with Crippen LogP contribution in [0.5, 0.6) is 0 Å². The normalized spacial score (nSPS) is 10.7. The van der Waals surface area contributed by atoms with E-state index in [4.69, 9.17) is 5.73 Å². The molecule has 2 N–H and O–H groups in total. The number of aromatic nitrogens is 3. The smallest absolute Gasteiger partial charge is 0.227 e. The summed E-state index contributed by atoms with van der Waals surface area (Å²) in [5.41, 5.74) is 8.32. The maximum Gasteiger partial charge on any atom is 0.227 e. The second-order valence-corrected chi connectivity index (χ2v) is 6.04. The van der Waals surface area contributed by atoms with Gasteiger partial charge in [-0.25, -0.2) is 0 Å². The number of rotatable bonds is 5. The third-order valence-electron chi connectivity index (χ3n) is 3.27. The number of hydrogen-bond acceptors (Lipinski definition) is 4. The highest BCUT2D eigenvalue weighted by Gasteiger charge is 2.16. The maximum atomic E-state index is 11.1. The number of aryl methyl sites for hydroxylation is 1. The summed E-state index contributed by atoms with van der Waals surface area (Å²) in [6.45, 7) is 2.04. The van der Waals surface area contributed by atoms with Crippen LogP contribution in [-0.2, 0) is 4.79 Å². The van der Waals surface area contributed by atoms with Gasteiger partial charge in [-0.15, -0.1) is 10.2 Å². The number of thioether (sulfide) groups is 1. The van der Waals surface area contributed by atoms with E-state index in [0.717, 1.165) is 22.6 Å². The summed E-state index contributed by atoms with van der Waals surface area (Å²) in [6.07, 6.45) is 0. The molecule has 0 radical (unpaired) electrons. The van der Waals surface area contributed by atoms with E-state index in [1.54, 1.807) is 0 Å². The fraction of sp³-hybridized carbons (Fsp3) is 0.118. The van der Waals surface area contributed by atoms with Crippen LogP contribution in [-0.4, -0.2) is 26.4 Å². The van der Waals surface area contributed by atoms with Crippen molar-refractivity contribution in [2.24, 2.45) is 5.73 Å². The number of primary amides is 1. The average Bonchev–Trinajstić information content (AvgIpc) is 2.97. The van der Waals surface area contributed by atoms with Gasteiger partial charge in [0.25, 0.3) is 0 Å². The molecule has 6 heteroatoms. The van der Waals surface area contributed by atoms with Gasteiger partial charge in [0, 0.05) is 11.3 Å². The van der Waals surface area contributed by atoms with E-state index in [1.807, 2.05) is 60.0 Å². The molecule has 1 amide bonds. The van der Waals surface area contributed by atoms with Gasteiger partial charge in [0.1, 0.15) is 0 Å². The molecular weight excluding hydrogens is 308 g/mol. The van der Waals surface area contributed by atoms with E-state index >= 15 is 0 Å². The molecule has 0 saturated carbocycles. The minimum atomic E-state index is -0.380.